The first-order valence-corrected chi connectivity index (χ1v) is 10.9. The van der Waals surface area contributed by atoms with Crippen molar-refractivity contribution in [2.45, 2.75) is 38.6 Å². The first-order valence-electron chi connectivity index (χ1n) is 10.1. The van der Waals surface area contributed by atoms with Crippen LogP contribution in [0.3, 0.4) is 0 Å². The summed E-state index contributed by atoms with van der Waals surface area (Å²) in [6.45, 7) is 2.92. The zero-order valence-corrected chi connectivity index (χ0v) is 18.6. The third kappa shape index (κ3) is 5.92. The van der Waals surface area contributed by atoms with Crippen LogP contribution in [-0.2, 0) is 9.59 Å². The third-order valence-electron chi connectivity index (χ3n) is 5.11. The lowest BCUT2D eigenvalue weighted by molar-refractivity contribution is -0.120. The number of amides is 3. The van der Waals surface area contributed by atoms with Gasteiger partial charge in [0.25, 0.3) is 5.91 Å². The van der Waals surface area contributed by atoms with Crippen LogP contribution in [0.1, 0.15) is 54.6 Å². The van der Waals surface area contributed by atoms with E-state index in [2.05, 4.69) is 26.6 Å². The molecule has 0 spiro atoms. The number of nitrogens with zero attached hydrogens (tertiary/aromatic N) is 1. The number of benzene rings is 2. The highest BCUT2D eigenvalue weighted by Crippen LogP contribution is 2.23. The first kappa shape index (κ1) is 22.0. The molecule has 158 valence electrons. The van der Waals surface area contributed by atoms with Crippen molar-refractivity contribution in [1.82, 2.24) is 10.2 Å². The average molecular weight is 472 g/mol. The van der Waals surface area contributed by atoms with E-state index in [9.17, 15) is 14.4 Å². The van der Waals surface area contributed by atoms with Crippen LogP contribution in [0.25, 0.3) is 0 Å². The van der Waals surface area contributed by atoms with Crippen molar-refractivity contribution in [3.8, 4) is 0 Å². The zero-order valence-electron chi connectivity index (χ0n) is 17.0. The predicted octanol–water partition coefficient (Wildman–Crippen LogP) is 4.28. The van der Waals surface area contributed by atoms with Crippen LogP contribution < -0.4 is 10.6 Å². The maximum atomic E-state index is 12.9. The van der Waals surface area contributed by atoms with Gasteiger partial charge in [-0.2, -0.15) is 0 Å². The molecule has 1 atom stereocenters. The maximum Gasteiger partial charge on any atom is 0.255 e. The largest absolute Gasteiger partial charge is 0.349 e. The number of hydrogen-bond acceptors (Lipinski definition) is 3. The predicted molar refractivity (Wildman–Crippen MR) is 120 cm³/mol. The van der Waals surface area contributed by atoms with Crippen LogP contribution in [-0.4, -0.2) is 35.7 Å². The second kappa shape index (κ2) is 10.4. The van der Waals surface area contributed by atoms with Crippen LogP contribution in [0, 0.1) is 0 Å². The van der Waals surface area contributed by atoms with Crippen LogP contribution in [0.2, 0.25) is 0 Å². The summed E-state index contributed by atoms with van der Waals surface area (Å²) in [5, 5.41) is 5.70. The summed E-state index contributed by atoms with van der Waals surface area (Å²) >= 11 is 3.39. The van der Waals surface area contributed by atoms with Gasteiger partial charge in [0.2, 0.25) is 11.8 Å². The SMILES string of the molecule is CC(=O)NC(CC(=O)Nc1ccccc1C(=O)N1CCCCC1)c1ccc(Br)cc1. The summed E-state index contributed by atoms with van der Waals surface area (Å²) in [6.07, 6.45) is 3.22. The fourth-order valence-electron chi connectivity index (χ4n) is 3.63. The molecular formula is C23H26BrN3O3. The number of halogens is 1. The second-order valence-corrected chi connectivity index (χ2v) is 8.37. The highest BCUT2D eigenvalue weighted by Gasteiger charge is 2.22. The molecule has 3 amide bonds. The molecule has 0 aliphatic carbocycles. The molecule has 0 aromatic heterocycles. The van der Waals surface area contributed by atoms with E-state index < -0.39 is 6.04 Å². The number of carbonyl (C=O) groups excluding carboxylic acids is 3. The Hall–Kier alpha value is -2.67. The molecule has 1 saturated heterocycles. The van der Waals surface area contributed by atoms with E-state index in [1.807, 2.05) is 29.2 Å². The summed E-state index contributed by atoms with van der Waals surface area (Å²) < 4.78 is 0.919. The molecule has 1 aliphatic heterocycles. The number of likely N-dealkylation sites (tertiary alicyclic amines) is 1. The minimum absolute atomic E-state index is 0.0584. The van der Waals surface area contributed by atoms with Gasteiger partial charge in [0.05, 0.1) is 23.7 Å². The lowest BCUT2D eigenvalue weighted by Gasteiger charge is -2.27. The summed E-state index contributed by atoms with van der Waals surface area (Å²) in [7, 11) is 0. The molecular weight excluding hydrogens is 446 g/mol. The van der Waals surface area contributed by atoms with Crippen molar-refractivity contribution < 1.29 is 14.4 Å². The van der Waals surface area contributed by atoms with Gasteiger partial charge in [0.15, 0.2) is 0 Å². The standard InChI is InChI=1S/C23H26BrN3O3/c1-16(28)25-21(17-9-11-18(24)12-10-17)15-22(29)26-20-8-4-3-7-19(20)23(30)27-13-5-2-6-14-27/h3-4,7-12,21H,2,5-6,13-15H2,1H3,(H,25,28)(H,26,29). The monoisotopic (exact) mass is 471 g/mol. The lowest BCUT2D eigenvalue weighted by Crippen LogP contribution is -2.36. The van der Waals surface area contributed by atoms with Gasteiger partial charge in [-0.25, -0.2) is 0 Å². The van der Waals surface area contributed by atoms with Crippen molar-refractivity contribution in [2.24, 2.45) is 0 Å². The molecule has 1 unspecified atom stereocenters. The minimum Gasteiger partial charge on any atom is -0.349 e. The lowest BCUT2D eigenvalue weighted by atomic mass is 10.0. The zero-order chi connectivity index (χ0) is 21.5. The Balaban J connectivity index is 1.73. The Morgan fingerprint density at radius 2 is 1.67 bits per heavy atom. The number of anilines is 1. The number of piperidine rings is 1. The van der Waals surface area contributed by atoms with Gasteiger partial charge < -0.3 is 15.5 Å². The molecule has 0 radical (unpaired) electrons. The van der Waals surface area contributed by atoms with E-state index in [0.29, 0.717) is 11.3 Å². The van der Waals surface area contributed by atoms with Crippen molar-refractivity contribution in [1.29, 1.82) is 0 Å². The quantitative estimate of drug-likeness (QED) is 0.659. The van der Waals surface area contributed by atoms with Crippen molar-refractivity contribution >= 4 is 39.3 Å². The van der Waals surface area contributed by atoms with Crippen molar-refractivity contribution in [3.05, 3.63) is 64.1 Å². The van der Waals surface area contributed by atoms with Gasteiger partial charge in [0.1, 0.15) is 0 Å². The molecule has 1 fully saturated rings. The third-order valence-corrected chi connectivity index (χ3v) is 5.64. The Kier molecular flexibility index (Phi) is 7.63. The van der Waals surface area contributed by atoms with Gasteiger partial charge in [-0.05, 0) is 49.1 Å². The molecule has 2 N–H and O–H groups in total. The van der Waals surface area contributed by atoms with Gasteiger partial charge in [-0.15, -0.1) is 0 Å². The molecule has 1 heterocycles. The second-order valence-electron chi connectivity index (χ2n) is 7.46. The van der Waals surface area contributed by atoms with Crippen LogP contribution >= 0.6 is 15.9 Å². The van der Waals surface area contributed by atoms with Crippen LogP contribution in [0.5, 0.6) is 0 Å². The van der Waals surface area contributed by atoms with E-state index in [1.54, 1.807) is 24.3 Å². The van der Waals surface area contributed by atoms with E-state index in [-0.39, 0.29) is 24.1 Å². The number of para-hydroxylation sites is 1. The summed E-state index contributed by atoms with van der Waals surface area (Å²) in [5.41, 5.74) is 1.82. The number of carbonyl (C=O) groups is 3. The summed E-state index contributed by atoms with van der Waals surface area (Å²) in [4.78, 5) is 39.2. The van der Waals surface area contributed by atoms with Crippen molar-refractivity contribution in [2.75, 3.05) is 18.4 Å². The molecule has 7 heteroatoms. The summed E-state index contributed by atoms with van der Waals surface area (Å²) in [6, 6.07) is 14.1. The van der Waals surface area contributed by atoms with E-state index in [0.717, 1.165) is 42.4 Å². The van der Waals surface area contributed by atoms with E-state index >= 15 is 0 Å². The smallest absolute Gasteiger partial charge is 0.255 e. The average Bonchev–Trinajstić information content (AvgIpc) is 2.74. The molecule has 3 rings (SSSR count). The Labute approximate surface area is 185 Å². The van der Waals surface area contributed by atoms with Crippen LogP contribution in [0.4, 0.5) is 5.69 Å². The highest BCUT2D eigenvalue weighted by molar-refractivity contribution is 9.10. The highest BCUT2D eigenvalue weighted by atomic mass is 79.9. The first-order chi connectivity index (χ1) is 14.4. The molecule has 30 heavy (non-hydrogen) atoms. The van der Waals surface area contributed by atoms with Crippen LogP contribution in [0.15, 0.2) is 53.0 Å². The maximum absolute atomic E-state index is 12.9. The molecule has 1 aliphatic rings. The Morgan fingerprint density at radius 3 is 2.33 bits per heavy atom. The van der Waals surface area contributed by atoms with Gasteiger partial charge >= 0.3 is 0 Å². The van der Waals surface area contributed by atoms with Gasteiger partial charge in [-0.1, -0.05) is 40.2 Å². The molecule has 0 saturated carbocycles. The molecule has 6 nitrogen and oxygen atoms in total. The number of hydrogen-bond donors (Lipinski definition) is 2. The normalized spacial score (nSPS) is 14.7. The molecule has 0 bridgehead atoms. The van der Waals surface area contributed by atoms with E-state index in [1.165, 1.54) is 6.92 Å². The number of rotatable bonds is 6. The molecule has 2 aromatic rings. The topological polar surface area (TPSA) is 78.5 Å². The fourth-order valence-corrected chi connectivity index (χ4v) is 3.89. The Bertz CT molecular complexity index is 908. The minimum atomic E-state index is -0.458. The Morgan fingerprint density at radius 1 is 1.00 bits per heavy atom. The van der Waals surface area contributed by atoms with Gasteiger partial charge in [0, 0.05) is 24.5 Å². The van der Waals surface area contributed by atoms with Gasteiger partial charge in [-0.3, -0.25) is 14.4 Å². The van der Waals surface area contributed by atoms with E-state index in [4.69, 9.17) is 0 Å². The molecule has 2 aromatic carbocycles. The number of nitrogens with one attached hydrogen (secondary N) is 2. The summed E-state index contributed by atoms with van der Waals surface area (Å²) in [5.74, 6) is -0.538. The fraction of sp³-hybridized carbons (Fsp3) is 0.348. The van der Waals surface area contributed by atoms with Crippen molar-refractivity contribution in [3.63, 3.8) is 0 Å².